The quantitative estimate of drug-likeness (QED) is 0.348. The van der Waals surface area contributed by atoms with Crippen LogP contribution in [0.25, 0.3) is 12.2 Å². The van der Waals surface area contributed by atoms with Gasteiger partial charge in [0.15, 0.2) is 0 Å². The Labute approximate surface area is 191 Å². The lowest BCUT2D eigenvalue weighted by Crippen LogP contribution is -2.24. The SMILES string of the molecule is O=C(O)CCc1cc(CC2C=CCN2)[nH]c1C=c1[nH]/c(=C\C2=NCCC2)cc1CCC(=O)O. The Balaban J connectivity index is 1.70. The fourth-order valence-electron chi connectivity index (χ4n) is 4.36. The summed E-state index contributed by atoms with van der Waals surface area (Å²) >= 11 is 0. The number of rotatable bonds is 10. The van der Waals surface area contributed by atoms with Crippen LogP contribution in [0, 0.1) is 0 Å². The van der Waals surface area contributed by atoms with E-state index in [-0.39, 0.29) is 18.9 Å². The lowest BCUT2D eigenvalue weighted by atomic mass is 10.1. The van der Waals surface area contributed by atoms with E-state index in [1.165, 1.54) is 0 Å². The van der Waals surface area contributed by atoms with Crippen molar-refractivity contribution in [2.75, 3.05) is 13.1 Å². The fraction of sp³-hybridized carbons (Fsp3) is 0.400. The van der Waals surface area contributed by atoms with E-state index >= 15 is 0 Å². The minimum absolute atomic E-state index is 0.0423. The first kappa shape index (κ1) is 22.8. The predicted octanol–water partition coefficient (Wildman–Crippen LogP) is 1.29. The van der Waals surface area contributed by atoms with Crippen LogP contribution in [0.5, 0.6) is 0 Å². The molecule has 4 heterocycles. The summed E-state index contributed by atoms with van der Waals surface area (Å²) in [6.45, 7) is 1.71. The number of aryl methyl sites for hydroxylation is 2. The average molecular weight is 451 g/mol. The summed E-state index contributed by atoms with van der Waals surface area (Å²) in [7, 11) is 0. The molecule has 0 saturated heterocycles. The van der Waals surface area contributed by atoms with Crippen LogP contribution in [0.4, 0.5) is 0 Å². The zero-order valence-corrected chi connectivity index (χ0v) is 18.6. The van der Waals surface area contributed by atoms with Crippen LogP contribution in [0.1, 0.15) is 48.2 Å². The Morgan fingerprint density at radius 3 is 2.52 bits per heavy atom. The molecule has 2 aromatic rings. The molecular formula is C25H30N4O4. The first-order valence-electron chi connectivity index (χ1n) is 11.5. The molecule has 0 aromatic carbocycles. The number of hydrogen-bond donors (Lipinski definition) is 5. The summed E-state index contributed by atoms with van der Waals surface area (Å²) in [6, 6.07) is 4.29. The molecule has 0 bridgehead atoms. The van der Waals surface area contributed by atoms with Crippen molar-refractivity contribution in [3.05, 3.63) is 57.5 Å². The number of nitrogens with zero attached hydrogens (tertiary/aromatic N) is 1. The molecule has 33 heavy (non-hydrogen) atoms. The Kier molecular flexibility index (Phi) is 7.24. The van der Waals surface area contributed by atoms with Crippen molar-refractivity contribution in [1.82, 2.24) is 15.3 Å². The largest absolute Gasteiger partial charge is 0.481 e. The normalized spacial score (nSPS) is 18.9. The molecule has 0 spiro atoms. The first-order valence-corrected chi connectivity index (χ1v) is 11.5. The number of aromatic nitrogens is 2. The molecule has 0 amide bonds. The Morgan fingerprint density at radius 1 is 1.06 bits per heavy atom. The molecule has 8 nitrogen and oxygen atoms in total. The third-order valence-corrected chi connectivity index (χ3v) is 5.98. The maximum atomic E-state index is 11.2. The van der Waals surface area contributed by atoms with Crippen LogP contribution in [0.15, 0.2) is 29.3 Å². The third kappa shape index (κ3) is 6.32. The summed E-state index contributed by atoms with van der Waals surface area (Å²) < 4.78 is 0. The number of carboxylic acids is 2. The molecule has 5 N–H and O–H groups in total. The Hall–Kier alpha value is -3.39. The van der Waals surface area contributed by atoms with Crippen LogP contribution >= 0.6 is 0 Å². The van der Waals surface area contributed by atoms with Crippen LogP contribution < -0.4 is 16.0 Å². The Morgan fingerprint density at radius 2 is 1.85 bits per heavy atom. The molecule has 2 aromatic heterocycles. The molecule has 8 heteroatoms. The van der Waals surface area contributed by atoms with Crippen molar-refractivity contribution in [2.45, 2.75) is 51.0 Å². The van der Waals surface area contributed by atoms with Crippen molar-refractivity contribution in [3.8, 4) is 0 Å². The third-order valence-electron chi connectivity index (χ3n) is 5.98. The van der Waals surface area contributed by atoms with E-state index in [0.29, 0.717) is 12.8 Å². The lowest BCUT2D eigenvalue weighted by Gasteiger charge is -2.06. The number of aromatic amines is 2. The van der Waals surface area contributed by atoms with Gasteiger partial charge in [-0.3, -0.25) is 14.6 Å². The minimum Gasteiger partial charge on any atom is -0.481 e. The van der Waals surface area contributed by atoms with Gasteiger partial charge in [-0.25, -0.2) is 0 Å². The standard InChI is InChI=1S/C25H30N4O4/c30-24(31)7-5-16-11-20(13-18-3-1-9-26-18)28-22(16)15-23-17(6-8-25(32)33)12-21(29-23)14-19-4-2-10-27-19/h1,3,11-12,14-15,18,26,28-29H,2,4-10,13H2,(H,30,31)(H,32,33)/b21-14-,23-15?. The topological polar surface area (TPSA) is 131 Å². The fourth-order valence-corrected chi connectivity index (χ4v) is 4.36. The van der Waals surface area contributed by atoms with Gasteiger partial charge in [-0.2, -0.15) is 0 Å². The summed E-state index contributed by atoms with van der Waals surface area (Å²) in [6.07, 6.45) is 12.0. The van der Waals surface area contributed by atoms with E-state index in [0.717, 1.165) is 71.3 Å². The van der Waals surface area contributed by atoms with Crippen molar-refractivity contribution < 1.29 is 19.8 Å². The molecule has 0 radical (unpaired) electrons. The number of hydrogen-bond acceptors (Lipinski definition) is 4. The zero-order chi connectivity index (χ0) is 23.2. The number of H-pyrrole nitrogens is 2. The van der Waals surface area contributed by atoms with Gasteiger partial charge < -0.3 is 25.5 Å². The minimum atomic E-state index is -0.839. The number of nitrogens with one attached hydrogen (secondary N) is 3. The van der Waals surface area contributed by atoms with Crippen LogP contribution in [0.3, 0.4) is 0 Å². The van der Waals surface area contributed by atoms with E-state index in [1.54, 1.807) is 0 Å². The molecule has 1 atom stereocenters. The van der Waals surface area contributed by atoms with Crippen LogP contribution in [0.2, 0.25) is 0 Å². The second-order valence-corrected chi connectivity index (χ2v) is 8.60. The molecule has 1 unspecified atom stereocenters. The lowest BCUT2D eigenvalue weighted by molar-refractivity contribution is -0.138. The smallest absolute Gasteiger partial charge is 0.303 e. The van der Waals surface area contributed by atoms with E-state index in [9.17, 15) is 19.8 Å². The van der Waals surface area contributed by atoms with E-state index in [1.807, 2.05) is 24.3 Å². The van der Waals surface area contributed by atoms with Gasteiger partial charge in [0.1, 0.15) is 0 Å². The van der Waals surface area contributed by atoms with Crippen molar-refractivity contribution in [1.29, 1.82) is 0 Å². The zero-order valence-electron chi connectivity index (χ0n) is 18.6. The van der Waals surface area contributed by atoms with E-state index in [4.69, 9.17) is 0 Å². The Bertz CT molecular complexity index is 1200. The highest BCUT2D eigenvalue weighted by molar-refractivity contribution is 6.10. The van der Waals surface area contributed by atoms with Gasteiger partial charge in [0, 0.05) is 66.2 Å². The molecule has 0 aliphatic carbocycles. The maximum absolute atomic E-state index is 11.2. The second kappa shape index (κ2) is 10.5. The molecule has 0 saturated carbocycles. The van der Waals surface area contributed by atoms with Crippen LogP contribution in [-0.4, -0.2) is 57.0 Å². The van der Waals surface area contributed by atoms with Crippen molar-refractivity contribution in [2.24, 2.45) is 4.99 Å². The van der Waals surface area contributed by atoms with Gasteiger partial charge in [-0.05, 0) is 61.1 Å². The van der Waals surface area contributed by atoms with Crippen molar-refractivity contribution >= 4 is 29.8 Å². The average Bonchev–Trinajstić information content (AvgIpc) is 3.55. The summed E-state index contributed by atoms with van der Waals surface area (Å²) in [4.78, 5) is 33.7. The van der Waals surface area contributed by atoms with Gasteiger partial charge in [-0.15, -0.1) is 0 Å². The number of carboxylic acid groups (broad SMARTS) is 2. The molecule has 174 valence electrons. The second-order valence-electron chi connectivity index (χ2n) is 8.60. The first-order chi connectivity index (χ1) is 16.0. The molecule has 2 aliphatic rings. The monoisotopic (exact) mass is 450 g/mol. The summed E-state index contributed by atoms with van der Waals surface area (Å²) in [5.41, 5.74) is 4.81. The predicted molar refractivity (Wildman–Crippen MR) is 127 cm³/mol. The highest BCUT2D eigenvalue weighted by atomic mass is 16.4. The number of aliphatic carboxylic acids is 2. The summed E-state index contributed by atoms with van der Waals surface area (Å²) in [5.74, 6) is -1.67. The maximum Gasteiger partial charge on any atom is 0.303 e. The highest BCUT2D eigenvalue weighted by Crippen LogP contribution is 2.17. The van der Waals surface area contributed by atoms with Gasteiger partial charge >= 0.3 is 11.9 Å². The molecule has 4 rings (SSSR count). The van der Waals surface area contributed by atoms with Gasteiger partial charge in [-0.1, -0.05) is 12.2 Å². The van der Waals surface area contributed by atoms with Crippen LogP contribution in [-0.2, 0) is 28.9 Å². The van der Waals surface area contributed by atoms with E-state index in [2.05, 4.69) is 32.4 Å². The van der Waals surface area contributed by atoms with E-state index < -0.39 is 11.9 Å². The molecule has 2 aliphatic heterocycles. The highest BCUT2D eigenvalue weighted by Gasteiger charge is 2.14. The molecule has 0 fully saturated rings. The summed E-state index contributed by atoms with van der Waals surface area (Å²) in [5, 5.41) is 23.5. The number of carbonyl (C=O) groups is 2. The van der Waals surface area contributed by atoms with Gasteiger partial charge in [0.2, 0.25) is 0 Å². The van der Waals surface area contributed by atoms with Gasteiger partial charge in [0.25, 0.3) is 0 Å². The van der Waals surface area contributed by atoms with Crippen molar-refractivity contribution in [3.63, 3.8) is 0 Å². The number of aliphatic imine (C=N–C) groups is 1. The molecular weight excluding hydrogens is 420 g/mol. The van der Waals surface area contributed by atoms with Gasteiger partial charge in [0.05, 0.1) is 0 Å².